The second-order valence-corrected chi connectivity index (χ2v) is 10.4. The first kappa shape index (κ1) is 26.5. The Hall–Kier alpha value is -4.14. The average Bonchev–Trinajstić information content (AvgIpc) is 3.48. The first-order chi connectivity index (χ1) is 18.8. The van der Waals surface area contributed by atoms with Gasteiger partial charge in [0.05, 0.1) is 0 Å². The van der Waals surface area contributed by atoms with Gasteiger partial charge in [-0.3, -0.25) is 29.3 Å². The van der Waals surface area contributed by atoms with E-state index in [2.05, 4.69) is 27.8 Å². The standard InChI is InChI=1S/C30H32N4O5/c1-18(35)32-25(28(37)31-16-21-13-12-20-6-2-3-9-22(20)21)11-5-8-19-7-4-10-23-24(19)17-34(30(23)39)26-14-15-27(36)33-29(26)38/h2-4,6-7,9-10,16,21,25-26H,5,8,11-15,17H2,1H3,(H,32,35)(H,33,36,38). The molecule has 3 atom stereocenters. The molecule has 5 rings (SSSR count). The van der Waals surface area contributed by atoms with Crippen molar-refractivity contribution >= 4 is 35.8 Å². The Morgan fingerprint density at radius 2 is 1.92 bits per heavy atom. The number of carbonyl (C=O) groups is 5. The summed E-state index contributed by atoms with van der Waals surface area (Å²) in [6.07, 6.45) is 5.71. The maximum absolute atomic E-state index is 13.1. The largest absolute Gasteiger partial charge is 0.344 e. The molecular weight excluding hydrogens is 496 g/mol. The van der Waals surface area contributed by atoms with Gasteiger partial charge in [-0.05, 0) is 66.8 Å². The fraction of sp³-hybridized carbons (Fsp3) is 0.400. The Morgan fingerprint density at radius 1 is 1.10 bits per heavy atom. The van der Waals surface area contributed by atoms with E-state index in [0.717, 1.165) is 24.0 Å². The van der Waals surface area contributed by atoms with E-state index in [-0.39, 0.29) is 36.0 Å². The fourth-order valence-corrected chi connectivity index (χ4v) is 5.88. The van der Waals surface area contributed by atoms with Crippen LogP contribution < -0.4 is 10.6 Å². The molecular formula is C30H32N4O5. The van der Waals surface area contributed by atoms with E-state index in [0.29, 0.717) is 37.8 Å². The van der Waals surface area contributed by atoms with Crippen molar-refractivity contribution in [3.05, 3.63) is 70.3 Å². The maximum atomic E-state index is 13.1. The molecule has 2 aromatic carbocycles. The molecule has 0 radical (unpaired) electrons. The summed E-state index contributed by atoms with van der Waals surface area (Å²) in [6, 6.07) is 12.3. The van der Waals surface area contributed by atoms with Crippen LogP contribution in [0, 0.1) is 0 Å². The summed E-state index contributed by atoms with van der Waals surface area (Å²) in [6.45, 7) is 1.69. The second kappa shape index (κ2) is 11.3. The van der Waals surface area contributed by atoms with Gasteiger partial charge in [0.1, 0.15) is 12.1 Å². The second-order valence-electron chi connectivity index (χ2n) is 10.4. The highest BCUT2D eigenvalue weighted by atomic mass is 16.2. The Balaban J connectivity index is 1.22. The summed E-state index contributed by atoms with van der Waals surface area (Å²) in [4.78, 5) is 67.5. The molecule has 39 heavy (non-hydrogen) atoms. The number of amides is 5. The topological polar surface area (TPSA) is 125 Å². The maximum Gasteiger partial charge on any atom is 0.267 e. The van der Waals surface area contributed by atoms with E-state index >= 15 is 0 Å². The highest BCUT2D eigenvalue weighted by Gasteiger charge is 2.39. The number of fused-ring (bicyclic) bond motifs is 2. The number of aryl methyl sites for hydroxylation is 2. The van der Waals surface area contributed by atoms with E-state index in [1.165, 1.54) is 23.0 Å². The average molecular weight is 529 g/mol. The van der Waals surface area contributed by atoms with E-state index in [9.17, 15) is 24.0 Å². The molecule has 9 nitrogen and oxygen atoms in total. The molecule has 1 aliphatic carbocycles. The Labute approximate surface area is 227 Å². The van der Waals surface area contributed by atoms with Crippen LogP contribution in [-0.2, 0) is 38.6 Å². The minimum atomic E-state index is -0.728. The Bertz CT molecular complexity index is 1370. The minimum absolute atomic E-state index is 0.0971. The zero-order chi connectivity index (χ0) is 27.5. The lowest BCUT2D eigenvalue weighted by molar-refractivity contribution is -0.137. The van der Waals surface area contributed by atoms with Crippen LogP contribution in [0.15, 0.2) is 47.5 Å². The summed E-state index contributed by atoms with van der Waals surface area (Å²) in [5.41, 5.74) is 4.88. The number of hydrogen-bond acceptors (Lipinski definition) is 5. The van der Waals surface area contributed by atoms with Gasteiger partial charge in [0.25, 0.3) is 11.8 Å². The zero-order valence-corrected chi connectivity index (χ0v) is 21.9. The molecule has 2 aromatic rings. The number of nitrogens with zero attached hydrogens (tertiary/aromatic N) is 2. The van der Waals surface area contributed by atoms with E-state index < -0.39 is 18.0 Å². The molecule has 0 aromatic heterocycles. The van der Waals surface area contributed by atoms with Gasteiger partial charge in [-0.15, -0.1) is 0 Å². The molecule has 0 bridgehead atoms. The molecule has 202 valence electrons. The predicted octanol–water partition coefficient (Wildman–Crippen LogP) is 2.60. The highest BCUT2D eigenvalue weighted by molar-refractivity contribution is 6.05. The number of benzene rings is 2. The van der Waals surface area contributed by atoms with Gasteiger partial charge in [0.2, 0.25) is 17.7 Å². The number of piperidine rings is 1. The molecule has 0 spiro atoms. The van der Waals surface area contributed by atoms with Gasteiger partial charge in [0.15, 0.2) is 0 Å². The Morgan fingerprint density at radius 3 is 2.72 bits per heavy atom. The number of imide groups is 1. The zero-order valence-electron chi connectivity index (χ0n) is 21.9. The van der Waals surface area contributed by atoms with Crippen LogP contribution in [0.4, 0.5) is 0 Å². The lowest BCUT2D eigenvalue weighted by atomic mass is 9.97. The van der Waals surface area contributed by atoms with Crippen LogP contribution in [0.25, 0.3) is 0 Å². The molecule has 3 aliphatic rings. The SMILES string of the molecule is CC(=O)NC(CCCc1cccc2c1CN(C1CCC(=O)NC1=O)C2=O)C(=O)N=CC1CCc2ccccc21. The van der Waals surface area contributed by atoms with Crippen molar-refractivity contribution in [2.75, 3.05) is 0 Å². The third kappa shape index (κ3) is 5.67. The summed E-state index contributed by atoms with van der Waals surface area (Å²) < 4.78 is 0. The van der Waals surface area contributed by atoms with Crippen LogP contribution in [0.1, 0.15) is 77.6 Å². The number of rotatable bonds is 8. The lowest BCUT2D eigenvalue weighted by Gasteiger charge is -2.29. The highest BCUT2D eigenvalue weighted by Crippen LogP contribution is 2.32. The molecule has 9 heteroatoms. The normalized spacial score (nSPS) is 21.1. The van der Waals surface area contributed by atoms with Crippen LogP contribution >= 0.6 is 0 Å². The first-order valence-corrected chi connectivity index (χ1v) is 13.5. The molecule has 5 amide bonds. The van der Waals surface area contributed by atoms with Gasteiger partial charge in [0, 0.05) is 37.6 Å². The quantitative estimate of drug-likeness (QED) is 0.403. The van der Waals surface area contributed by atoms with Gasteiger partial charge in [-0.25, -0.2) is 4.99 Å². The Kier molecular flexibility index (Phi) is 7.67. The van der Waals surface area contributed by atoms with Gasteiger partial charge in [-0.1, -0.05) is 36.4 Å². The molecule has 3 unspecified atom stereocenters. The number of aliphatic imine (C=N–C) groups is 1. The summed E-state index contributed by atoms with van der Waals surface area (Å²) in [7, 11) is 0. The number of nitrogens with one attached hydrogen (secondary N) is 2. The molecule has 2 heterocycles. The van der Waals surface area contributed by atoms with Gasteiger partial charge < -0.3 is 10.2 Å². The van der Waals surface area contributed by atoms with Gasteiger partial charge in [-0.2, -0.15) is 0 Å². The lowest BCUT2D eigenvalue weighted by Crippen LogP contribution is -2.52. The van der Waals surface area contributed by atoms with Gasteiger partial charge >= 0.3 is 0 Å². The van der Waals surface area contributed by atoms with Crippen LogP contribution in [-0.4, -0.2) is 52.7 Å². The third-order valence-corrected chi connectivity index (χ3v) is 7.85. The van der Waals surface area contributed by atoms with Crippen molar-refractivity contribution in [1.82, 2.24) is 15.5 Å². The molecule has 1 saturated heterocycles. The van der Waals surface area contributed by atoms with Crippen molar-refractivity contribution < 1.29 is 24.0 Å². The molecule has 0 saturated carbocycles. The number of hydrogen-bond donors (Lipinski definition) is 2. The molecule has 2 aliphatic heterocycles. The van der Waals surface area contributed by atoms with Crippen LogP contribution in [0.5, 0.6) is 0 Å². The third-order valence-electron chi connectivity index (χ3n) is 7.85. The summed E-state index contributed by atoms with van der Waals surface area (Å²) in [5.74, 6) is -1.53. The first-order valence-electron chi connectivity index (χ1n) is 13.5. The van der Waals surface area contributed by atoms with E-state index in [4.69, 9.17) is 0 Å². The van der Waals surface area contributed by atoms with Crippen molar-refractivity contribution in [3.63, 3.8) is 0 Å². The van der Waals surface area contributed by atoms with Crippen LogP contribution in [0.2, 0.25) is 0 Å². The molecule has 1 fully saturated rings. The van der Waals surface area contributed by atoms with Crippen molar-refractivity contribution in [2.45, 2.75) is 76.4 Å². The molecule has 2 N–H and O–H groups in total. The number of carbonyl (C=O) groups excluding carboxylic acids is 5. The monoisotopic (exact) mass is 528 g/mol. The fourth-order valence-electron chi connectivity index (χ4n) is 5.88. The van der Waals surface area contributed by atoms with Crippen molar-refractivity contribution in [3.8, 4) is 0 Å². The summed E-state index contributed by atoms with van der Waals surface area (Å²) >= 11 is 0. The summed E-state index contributed by atoms with van der Waals surface area (Å²) in [5, 5.41) is 5.07. The minimum Gasteiger partial charge on any atom is -0.344 e. The van der Waals surface area contributed by atoms with Crippen LogP contribution in [0.3, 0.4) is 0 Å². The van der Waals surface area contributed by atoms with Crippen molar-refractivity contribution in [2.24, 2.45) is 4.99 Å². The van der Waals surface area contributed by atoms with E-state index in [1.54, 1.807) is 12.3 Å². The smallest absolute Gasteiger partial charge is 0.267 e. The van der Waals surface area contributed by atoms with E-state index in [1.807, 2.05) is 24.3 Å². The predicted molar refractivity (Wildman–Crippen MR) is 144 cm³/mol. The van der Waals surface area contributed by atoms with Crippen molar-refractivity contribution in [1.29, 1.82) is 0 Å².